The van der Waals surface area contributed by atoms with Gasteiger partial charge in [-0.1, -0.05) is 6.92 Å². The Morgan fingerprint density at radius 2 is 1.79 bits per heavy atom. The topological polar surface area (TPSA) is 26.8 Å². The Hall–Kier alpha value is -0.610. The van der Waals surface area contributed by atoms with E-state index in [1.165, 1.54) is 26.2 Å². The predicted molar refractivity (Wildman–Crippen MR) is 80.3 cm³/mol. The predicted octanol–water partition coefficient (Wildman–Crippen LogP) is 1.66. The van der Waals surface area contributed by atoms with Crippen LogP contribution in [-0.4, -0.2) is 72.5 Å². The summed E-state index contributed by atoms with van der Waals surface area (Å²) in [6.45, 7) is 16.0. The molecule has 0 spiro atoms. The van der Waals surface area contributed by atoms with Crippen molar-refractivity contribution in [1.82, 2.24) is 14.7 Å². The number of hydrogen-bond donors (Lipinski definition) is 0. The van der Waals surface area contributed by atoms with Gasteiger partial charge < -0.3 is 9.80 Å². The van der Waals surface area contributed by atoms with Crippen molar-refractivity contribution in [2.45, 2.75) is 46.6 Å². The van der Waals surface area contributed by atoms with Gasteiger partial charge in [0.1, 0.15) is 0 Å². The van der Waals surface area contributed by atoms with Crippen LogP contribution in [-0.2, 0) is 4.79 Å². The van der Waals surface area contributed by atoms with Crippen LogP contribution < -0.4 is 0 Å². The zero-order valence-electron chi connectivity index (χ0n) is 13.2. The zero-order chi connectivity index (χ0) is 14.3. The van der Waals surface area contributed by atoms with Crippen molar-refractivity contribution in [2.24, 2.45) is 0 Å². The molecule has 0 N–H and O–H groups in total. The molecule has 19 heavy (non-hydrogen) atoms. The highest BCUT2D eigenvalue weighted by molar-refractivity contribution is 5.73. The van der Waals surface area contributed by atoms with Crippen LogP contribution in [0.4, 0.5) is 0 Å². The molecular weight excluding hydrogens is 238 g/mol. The molecule has 1 heterocycles. The smallest absolute Gasteiger partial charge is 0.219 e. The maximum atomic E-state index is 11.4. The third-order valence-electron chi connectivity index (χ3n) is 3.98. The lowest BCUT2D eigenvalue weighted by Gasteiger charge is -2.37. The van der Waals surface area contributed by atoms with Crippen LogP contribution in [0.3, 0.4) is 0 Å². The van der Waals surface area contributed by atoms with Crippen molar-refractivity contribution < 1.29 is 4.79 Å². The maximum absolute atomic E-state index is 11.4. The Kier molecular flexibility index (Phi) is 7.39. The van der Waals surface area contributed by atoms with Gasteiger partial charge in [-0.3, -0.25) is 9.69 Å². The number of hydrogen-bond acceptors (Lipinski definition) is 3. The summed E-state index contributed by atoms with van der Waals surface area (Å²) in [7, 11) is 0. The van der Waals surface area contributed by atoms with Crippen molar-refractivity contribution >= 4 is 5.91 Å². The van der Waals surface area contributed by atoms with E-state index in [0.717, 1.165) is 32.5 Å². The molecule has 1 aliphatic rings. The van der Waals surface area contributed by atoms with E-state index in [-0.39, 0.29) is 5.91 Å². The molecule has 112 valence electrons. The summed E-state index contributed by atoms with van der Waals surface area (Å²) in [4.78, 5) is 18.5. The van der Waals surface area contributed by atoms with Crippen LogP contribution >= 0.6 is 0 Å². The molecule has 0 saturated carbocycles. The highest BCUT2D eigenvalue weighted by Crippen LogP contribution is 2.06. The van der Waals surface area contributed by atoms with Gasteiger partial charge in [-0.05, 0) is 33.2 Å². The fraction of sp³-hybridized carbons (Fsp3) is 0.933. The Morgan fingerprint density at radius 3 is 2.26 bits per heavy atom. The van der Waals surface area contributed by atoms with E-state index < -0.39 is 0 Å². The van der Waals surface area contributed by atoms with Crippen molar-refractivity contribution in [3.63, 3.8) is 0 Å². The molecule has 1 rings (SSSR count). The molecule has 1 fully saturated rings. The van der Waals surface area contributed by atoms with Gasteiger partial charge in [0.2, 0.25) is 5.91 Å². The molecule has 1 saturated heterocycles. The van der Waals surface area contributed by atoms with Crippen molar-refractivity contribution in [3.8, 4) is 0 Å². The first kappa shape index (κ1) is 16.4. The average molecular weight is 269 g/mol. The molecule has 0 aromatic rings. The minimum Gasteiger partial charge on any atom is -0.343 e. The quantitative estimate of drug-likeness (QED) is 0.703. The van der Waals surface area contributed by atoms with Gasteiger partial charge in [0.05, 0.1) is 0 Å². The van der Waals surface area contributed by atoms with Gasteiger partial charge in [-0.2, -0.15) is 0 Å². The molecule has 4 nitrogen and oxygen atoms in total. The van der Waals surface area contributed by atoms with Crippen molar-refractivity contribution in [3.05, 3.63) is 0 Å². The second-order valence-corrected chi connectivity index (χ2v) is 5.83. The van der Waals surface area contributed by atoms with Gasteiger partial charge in [0.25, 0.3) is 0 Å². The Morgan fingerprint density at radius 1 is 1.16 bits per heavy atom. The molecule has 0 aromatic heterocycles. The fourth-order valence-electron chi connectivity index (χ4n) is 2.69. The summed E-state index contributed by atoms with van der Waals surface area (Å²) in [5.74, 6) is 0.214. The number of piperazine rings is 1. The molecule has 0 unspecified atom stereocenters. The molecule has 0 atom stereocenters. The lowest BCUT2D eigenvalue weighted by molar-refractivity contribution is -0.129. The van der Waals surface area contributed by atoms with E-state index in [1.54, 1.807) is 6.92 Å². The Balaban J connectivity index is 2.18. The van der Waals surface area contributed by atoms with E-state index in [9.17, 15) is 4.79 Å². The van der Waals surface area contributed by atoms with E-state index in [4.69, 9.17) is 0 Å². The van der Waals surface area contributed by atoms with E-state index in [2.05, 4.69) is 30.6 Å². The minimum atomic E-state index is 0.214. The normalized spacial score (nSPS) is 17.9. The summed E-state index contributed by atoms with van der Waals surface area (Å²) in [5, 5.41) is 0. The maximum Gasteiger partial charge on any atom is 0.219 e. The van der Waals surface area contributed by atoms with Crippen molar-refractivity contribution in [1.29, 1.82) is 0 Å². The third-order valence-corrected chi connectivity index (χ3v) is 3.98. The first-order valence-corrected chi connectivity index (χ1v) is 7.76. The minimum absolute atomic E-state index is 0.214. The monoisotopic (exact) mass is 269 g/mol. The van der Waals surface area contributed by atoms with Crippen LogP contribution in [0.15, 0.2) is 0 Å². The fourth-order valence-corrected chi connectivity index (χ4v) is 2.69. The van der Waals surface area contributed by atoms with Gasteiger partial charge in [-0.15, -0.1) is 0 Å². The van der Waals surface area contributed by atoms with E-state index >= 15 is 0 Å². The van der Waals surface area contributed by atoms with Gasteiger partial charge in [-0.25, -0.2) is 0 Å². The van der Waals surface area contributed by atoms with Gasteiger partial charge in [0.15, 0.2) is 0 Å². The highest BCUT2D eigenvalue weighted by atomic mass is 16.2. The van der Waals surface area contributed by atoms with Crippen LogP contribution in [0, 0.1) is 0 Å². The summed E-state index contributed by atoms with van der Waals surface area (Å²) in [6, 6.07) is 0.667. The van der Waals surface area contributed by atoms with E-state index in [0.29, 0.717) is 6.04 Å². The van der Waals surface area contributed by atoms with Crippen LogP contribution in [0.25, 0.3) is 0 Å². The average Bonchev–Trinajstić information content (AvgIpc) is 2.38. The first-order valence-electron chi connectivity index (χ1n) is 7.76. The van der Waals surface area contributed by atoms with E-state index in [1.807, 2.05) is 4.90 Å². The van der Waals surface area contributed by atoms with Gasteiger partial charge in [0, 0.05) is 52.2 Å². The number of amides is 1. The number of rotatable bonds is 7. The summed E-state index contributed by atoms with van der Waals surface area (Å²) in [5.41, 5.74) is 0. The van der Waals surface area contributed by atoms with Crippen molar-refractivity contribution in [2.75, 3.05) is 45.8 Å². The molecule has 0 aliphatic carbocycles. The molecule has 0 aromatic carbocycles. The lowest BCUT2D eigenvalue weighted by Crippen LogP contribution is -2.49. The number of carbonyl (C=O) groups excluding carboxylic acids is 1. The second kappa shape index (κ2) is 8.54. The highest BCUT2D eigenvalue weighted by Gasteiger charge is 2.18. The van der Waals surface area contributed by atoms with Crippen LogP contribution in [0.5, 0.6) is 0 Å². The molecule has 0 bridgehead atoms. The molecule has 1 amide bonds. The number of carbonyl (C=O) groups is 1. The lowest BCUT2D eigenvalue weighted by atomic mass is 10.2. The van der Waals surface area contributed by atoms with Gasteiger partial charge >= 0.3 is 0 Å². The molecule has 4 heteroatoms. The van der Waals surface area contributed by atoms with Crippen LogP contribution in [0.1, 0.15) is 40.5 Å². The zero-order valence-corrected chi connectivity index (χ0v) is 13.2. The molecular formula is C15H31N3O. The summed E-state index contributed by atoms with van der Waals surface area (Å²) < 4.78 is 0. The van der Waals surface area contributed by atoms with Crippen LogP contribution in [0.2, 0.25) is 0 Å². The standard InChI is InChI=1S/C15H31N3O/c1-5-7-18(15(4)19)9-6-8-16-10-12-17(13-11-16)14(2)3/h14H,5-13H2,1-4H3. The molecule has 0 radical (unpaired) electrons. The summed E-state index contributed by atoms with van der Waals surface area (Å²) in [6.07, 6.45) is 2.15. The largest absolute Gasteiger partial charge is 0.343 e. The Labute approximate surface area is 118 Å². The third kappa shape index (κ3) is 5.91. The second-order valence-electron chi connectivity index (χ2n) is 5.83. The first-order chi connectivity index (χ1) is 9.04. The Bertz CT molecular complexity index is 260. The summed E-state index contributed by atoms with van der Waals surface area (Å²) >= 11 is 0. The molecule has 1 aliphatic heterocycles. The SMILES string of the molecule is CCCN(CCCN1CCN(C(C)C)CC1)C(C)=O. The number of nitrogens with zero attached hydrogens (tertiary/aromatic N) is 3.